The fraction of sp³-hybridized carbons (Fsp3) is 0.400. The van der Waals surface area contributed by atoms with Crippen molar-refractivity contribution >= 4 is 11.0 Å². The second kappa shape index (κ2) is 9.56. The number of hydrogen-bond acceptors (Lipinski definition) is 4. The highest BCUT2D eigenvalue weighted by Crippen LogP contribution is 2.45. The highest BCUT2D eigenvalue weighted by molar-refractivity contribution is 5.74. The Morgan fingerprint density at radius 2 is 1.74 bits per heavy atom. The number of aromatic nitrogens is 3. The van der Waals surface area contributed by atoms with E-state index in [0.717, 1.165) is 68.3 Å². The molecule has 5 nitrogen and oxygen atoms in total. The fourth-order valence-corrected chi connectivity index (χ4v) is 6.42. The number of pyridine rings is 1. The van der Waals surface area contributed by atoms with Gasteiger partial charge in [0, 0.05) is 30.7 Å². The van der Waals surface area contributed by atoms with Crippen LogP contribution in [0.15, 0.2) is 72.9 Å². The number of rotatable bonds is 6. The maximum atomic E-state index is 6.46. The Balaban J connectivity index is 1.44. The van der Waals surface area contributed by atoms with E-state index in [4.69, 9.17) is 15.7 Å². The zero-order valence-electron chi connectivity index (χ0n) is 20.4. The third-order valence-corrected chi connectivity index (χ3v) is 8.24. The number of nitrogens with one attached hydrogen (secondary N) is 1. The zero-order valence-corrected chi connectivity index (χ0v) is 20.4. The predicted octanol–water partition coefficient (Wildman–Crippen LogP) is 5.72. The van der Waals surface area contributed by atoms with Crippen molar-refractivity contribution in [2.24, 2.45) is 5.73 Å². The van der Waals surface area contributed by atoms with E-state index in [1.54, 1.807) is 0 Å². The molecular weight excluding hydrogens is 430 g/mol. The van der Waals surface area contributed by atoms with Crippen LogP contribution in [0.1, 0.15) is 67.2 Å². The molecule has 35 heavy (non-hydrogen) atoms. The molecule has 0 amide bonds. The van der Waals surface area contributed by atoms with Crippen molar-refractivity contribution < 1.29 is 0 Å². The second-order valence-electron chi connectivity index (χ2n) is 10.5. The first kappa shape index (κ1) is 22.4. The minimum Gasteiger partial charge on any atom is -0.342 e. The van der Waals surface area contributed by atoms with Gasteiger partial charge < -0.3 is 10.7 Å². The Labute approximate surface area is 207 Å². The van der Waals surface area contributed by atoms with Gasteiger partial charge >= 0.3 is 0 Å². The van der Waals surface area contributed by atoms with Crippen LogP contribution >= 0.6 is 0 Å². The molecule has 2 heterocycles. The predicted molar refractivity (Wildman–Crippen MR) is 141 cm³/mol. The molecule has 1 saturated carbocycles. The number of benzene rings is 2. The lowest BCUT2D eigenvalue weighted by Gasteiger charge is -2.51. The number of aromatic amines is 1. The van der Waals surface area contributed by atoms with Crippen LogP contribution in [0.4, 0.5) is 0 Å². The van der Waals surface area contributed by atoms with E-state index < -0.39 is 0 Å². The van der Waals surface area contributed by atoms with E-state index in [-0.39, 0.29) is 11.6 Å². The van der Waals surface area contributed by atoms with Crippen LogP contribution < -0.4 is 5.73 Å². The third-order valence-electron chi connectivity index (χ3n) is 8.24. The monoisotopic (exact) mass is 465 g/mol. The molecule has 180 valence electrons. The van der Waals surface area contributed by atoms with Gasteiger partial charge in [-0.1, -0.05) is 48.5 Å². The molecule has 2 aromatic carbocycles. The molecule has 0 aliphatic heterocycles. The number of fused-ring (bicyclic) bond motifs is 2. The van der Waals surface area contributed by atoms with Gasteiger partial charge in [0.2, 0.25) is 0 Å². The van der Waals surface area contributed by atoms with Crippen LogP contribution in [-0.4, -0.2) is 31.4 Å². The molecule has 4 aromatic rings. The highest BCUT2D eigenvalue weighted by atomic mass is 15.2. The number of para-hydroxylation sites is 2. The molecule has 2 aromatic heterocycles. The van der Waals surface area contributed by atoms with E-state index in [9.17, 15) is 0 Å². The summed E-state index contributed by atoms with van der Waals surface area (Å²) in [7, 11) is 0. The van der Waals surface area contributed by atoms with Gasteiger partial charge in [0.1, 0.15) is 5.82 Å². The first-order chi connectivity index (χ1) is 17.2. The number of nitrogens with two attached hydrogens (primary N) is 1. The maximum absolute atomic E-state index is 6.46. The summed E-state index contributed by atoms with van der Waals surface area (Å²) in [6.07, 6.45) is 10.6. The second-order valence-corrected chi connectivity index (χ2v) is 10.5. The van der Waals surface area contributed by atoms with Crippen molar-refractivity contribution in [1.29, 1.82) is 0 Å². The number of hydrogen-bond donors (Lipinski definition) is 2. The molecule has 0 radical (unpaired) electrons. The summed E-state index contributed by atoms with van der Waals surface area (Å²) >= 11 is 0. The molecule has 1 atom stereocenters. The largest absolute Gasteiger partial charge is 0.342 e. The standard InChI is InChI=1S/C30H35N5/c31-24-15-17-30(18-16-24,20-28-33-25-12-4-5-13-26(25)34-28)35(21-22-8-2-1-3-9-22)27-14-6-10-23-11-7-19-32-29(23)27/h1-5,7-9,11-13,19,24,27H,6,10,14-18,20-21,31H2,(H,33,34). The van der Waals surface area contributed by atoms with Gasteiger partial charge in [0.25, 0.3) is 0 Å². The summed E-state index contributed by atoms with van der Waals surface area (Å²) in [4.78, 5) is 16.4. The van der Waals surface area contributed by atoms with Crippen molar-refractivity contribution in [3.05, 3.63) is 95.6 Å². The van der Waals surface area contributed by atoms with Gasteiger partial charge in [-0.2, -0.15) is 0 Å². The van der Waals surface area contributed by atoms with Crippen molar-refractivity contribution in [2.45, 2.75) is 75.5 Å². The van der Waals surface area contributed by atoms with Crippen LogP contribution in [0, 0.1) is 0 Å². The Morgan fingerprint density at radius 1 is 0.943 bits per heavy atom. The first-order valence-corrected chi connectivity index (χ1v) is 13.1. The van der Waals surface area contributed by atoms with E-state index in [2.05, 4.69) is 76.6 Å². The topological polar surface area (TPSA) is 70.8 Å². The zero-order chi connectivity index (χ0) is 23.7. The fourth-order valence-electron chi connectivity index (χ4n) is 6.42. The molecule has 1 unspecified atom stereocenters. The first-order valence-electron chi connectivity index (χ1n) is 13.1. The Kier molecular flexibility index (Phi) is 6.13. The minimum absolute atomic E-state index is 0.0175. The summed E-state index contributed by atoms with van der Waals surface area (Å²) in [5.74, 6) is 1.08. The summed E-state index contributed by atoms with van der Waals surface area (Å²) in [6, 6.07) is 24.3. The van der Waals surface area contributed by atoms with E-state index >= 15 is 0 Å². The lowest BCUT2D eigenvalue weighted by Crippen LogP contribution is -2.55. The molecule has 5 heteroatoms. The van der Waals surface area contributed by atoms with Gasteiger partial charge in [-0.15, -0.1) is 0 Å². The molecule has 0 bridgehead atoms. The highest BCUT2D eigenvalue weighted by Gasteiger charge is 2.45. The normalized spacial score (nSPS) is 24.5. The van der Waals surface area contributed by atoms with Gasteiger partial charge in [-0.3, -0.25) is 9.88 Å². The lowest BCUT2D eigenvalue weighted by molar-refractivity contribution is -0.00892. The van der Waals surface area contributed by atoms with Crippen LogP contribution in [-0.2, 0) is 19.4 Å². The number of H-pyrrole nitrogens is 1. The van der Waals surface area contributed by atoms with Crippen LogP contribution in [0.3, 0.4) is 0 Å². The van der Waals surface area contributed by atoms with Crippen LogP contribution in [0.25, 0.3) is 11.0 Å². The Hall–Kier alpha value is -3.02. The van der Waals surface area contributed by atoms with Crippen molar-refractivity contribution in [1.82, 2.24) is 19.9 Å². The van der Waals surface area contributed by atoms with Crippen LogP contribution in [0.2, 0.25) is 0 Å². The number of nitrogens with zero attached hydrogens (tertiary/aromatic N) is 3. The van der Waals surface area contributed by atoms with E-state index in [0.29, 0.717) is 6.04 Å². The molecule has 2 aliphatic rings. The van der Waals surface area contributed by atoms with Gasteiger partial charge in [-0.05, 0) is 74.3 Å². The number of aryl methyl sites for hydroxylation is 1. The third kappa shape index (κ3) is 4.51. The molecule has 1 fully saturated rings. The summed E-state index contributed by atoms with van der Waals surface area (Å²) in [5.41, 5.74) is 12.6. The van der Waals surface area contributed by atoms with E-state index in [1.807, 2.05) is 6.20 Å². The Morgan fingerprint density at radius 3 is 2.57 bits per heavy atom. The van der Waals surface area contributed by atoms with Crippen molar-refractivity contribution in [2.75, 3.05) is 0 Å². The summed E-state index contributed by atoms with van der Waals surface area (Å²) in [6.45, 7) is 0.914. The molecule has 0 saturated heterocycles. The smallest absolute Gasteiger partial charge is 0.109 e. The summed E-state index contributed by atoms with van der Waals surface area (Å²) < 4.78 is 0. The van der Waals surface area contributed by atoms with Gasteiger partial charge in [0.05, 0.1) is 22.8 Å². The lowest BCUT2D eigenvalue weighted by atomic mass is 9.74. The molecule has 2 aliphatic carbocycles. The van der Waals surface area contributed by atoms with Crippen LogP contribution in [0.5, 0.6) is 0 Å². The van der Waals surface area contributed by atoms with Gasteiger partial charge in [0.15, 0.2) is 0 Å². The quantitative estimate of drug-likeness (QED) is 0.382. The maximum Gasteiger partial charge on any atom is 0.109 e. The van der Waals surface area contributed by atoms with Crippen molar-refractivity contribution in [3.8, 4) is 0 Å². The van der Waals surface area contributed by atoms with Crippen molar-refractivity contribution in [3.63, 3.8) is 0 Å². The molecule has 6 rings (SSSR count). The minimum atomic E-state index is -0.0175. The Bertz CT molecular complexity index is 1240. The summed E-state index contributed by atoms with van der Waals surface area (Å²) in [5, 5.41) is 0. The average molecular weight is 466 g/mol. The SMILES string of the molecule is NC1CCC(Cc2nc3ccccc3[nH]2)(N(Cc2ccccc2)C2CCCc3cccnc32)CC1. The van der Waals surface area contributed by atoms with Gasteiger partial charge in [-0.25, -0.2) is 4.98 Å². The molecular formula is C30H35N5. The van der Waals surface area contributed by atoms with E-state index in [1.165, 1.54) is 23.2 Å². The molecule has 0 spiro atoms. The average Bonchev–Trinajstić information content (AvgIpc) is 3.31. The number of imidazole rings is 1. The molecule has 3 N–H and O–H groups in total.